The van der Waals surface area contributed by atoms with Crippen LogP contribution in [0, 0.1) is 0 Å². The Hall–Kier alpha value is -1.59. The van der Waals surface area contributed by atoms with Crippen LogP contribution >= 0.6 is 0 Å². The molecule has 6 nitrogen and oxygen atoms in total. The molecule has 0 heterocycles. The maximum absolute atomic E-state index is 13.2. The van der Waals surface area contributed by atoms with Crippen LogP contribution in [0.4, 0.5) is 0 Å². The second kappa shape index (κ2) is 59.0. The maximum Gasteiger partial charge on any atom is 0.328 e. The molecular weight excluding hydrogens is 851 g/mol. The van der Waals surface area contributed by atoms with Crippen LogP contribution < -0.4 is 5.32 Å². The topological polar surface area (TPSA) is 81.7 Å². The van der Waals surface area contributed by atoms with E-state index in [1.54, 1.807) is 0 Å². The van der Waals surface area contributed by atoms with E-state index in [1.807, 2.05) is 0 Å². The van der Waals surface area contributed by atoms with Gasteiger partial charge in [0.15, 0.2) is 0 Å². The zero-order valence-electron chi connectivity index (χ0n) is 47.2. The summed E-state index contributed by atoms with van der Waals surface area (Å²) in [7, 11) is 0. The molecule has 6 heteroatoms. The van der Waals surface area contributed by atoms with Gasteiger partial charge < -0.3 is 14.8 Å². The number of carbonyl (C=O) groups is 3. The molecule has 0 aromatic heterocycles. The van der Waals surface area contributed by atoms with E-state index in [4.69, 9.17) is 9.47 Å². The van der Waals surface area contributed by atoms with Crippen LogP contribution in [0.2, 0.25) is 0 Å². The first-order chi connectivity index (χ1) is 34.0. The predicted molar refractivity (Wildman–Crippen MR) is 300 cm³/mol. The Morgan fingerprint density at radius 3 is 0.797 bits per heavy atom. The SMILES string of the molecule is CCCCCCCCCCCCCCCCCCCCCCOC(=O)CC[C@H](NC(=O)CCCCCCCCCCCCC)C(=O)OCCCCCCCCCCCCCCCCCCCCCC. The fraction of sp³-hybridized carbons (Fsp3) is 0.952. The molecule has 1 atom stereocenters. The average molecular weight is 975 g/mol. The summed E-state index contributed by atoms with van der Waals surface area (Å²) in [6.07, 6.45) is 67.7. The van der Waals surface area contributed by atoms with E-state index >= 15 is 0 Å². The maximum atomic E-state index is 13.2. The molecule has 0 fully saturated rings. The average Bonchev–Trinajstić information content (AvgIpc) is 3.35. The van der Waals surface area contributed by atoms with Gasteiger partial charge in [-0.2, -0.15) is 0 Å². The second-order valence-electron chi connectivity index (χ2n) is 21.8. The molecule has 0 aliphatic rings. The van der Waals surface area contributed by atoms with E-state index in [-0.39, 0.29) is 24.7 Å². The van der Waals surface area contributed by atoms with Crippen LogP contribution in [-0.2, 0) is 23.9 Å². The van der Waals surface area contributed by atoms with Crippen LogP contribution in [0.3, 0.4) is 0 Å². The van der Waals surface area contributed by atoms with Gasteiger partial charge in [-0.1, -0.05) is 329 Å². The molecule has 0 unspecified atom stereocenters. The summed E-state index contributed by atoms with van der Waals surface area (Å²) in [5.41, 5.74) is 0. The summed E-state index contributed by atoms with van der Waals surface area (Å²) < 4.78 is 11.3. The number of unbranched alkanes of at least 4 members (excludes halogenated alkanes) is 48. The van der Waals surface area contributed by atoms with Crippen molar-refractivity contribution in [2.75, 3.05) is 13.2 Å². The van der Waals surface area contributed by atoms with Crippen LogP contribution in [0.15, 0.2) is 0 Å². The molecular formula is C63H123NO5. The van der Waals surface area contributed by atoms with Crippen molar-refractivity contribution >= 4 is 17.8 Å². The summed E-state index contributed by atoms with van der Waals surface area (Å²) in [6.45, 7) is 7.64. The van der Waals surface area contributed by atoms with E-state index in [2.05, 4.69) is 26.1 Å². The van der Waals surface area contributed by atoms with Crippen LogP contribution in [0.5, 0.6) is 0 Å². The summed E-state index contributed by atoms with van der Waals surface area (Å²) in [5.74, 6) is -0.828. The Labute approximate surface area is 432 Å². The first-order valence-corrected chi connectivity index (χ1v) is 31.7. The van der Waals surface area contributed by atoms with Crippen molar-refractivity contribution in [1.82, 2.24) is 5.32 Å². The minimum atomic E-state index is -0.803. The van der Waals surface area contributed by atoms with E-state index < -0.39 is 12.0 Å². The predicted octanol–water partition coefficient (Wildman–Crippen LogP) is 20.7. The standard InChI is InChI=1S/C63H123NO5/c1-4-7-10-13-16-19-22-24-26-28-30-32-34-36-38-41-44-47-50-53-58-68-62(66)57-56-60(64-61(65)55-52-49-46-43-40-21-18-15-12-9-6-3)63(67)69-59-54-51-48-45-42-39-37-35-33-31-29-27-25-23-20-17-14-11-8-5-2/h60H,4-59H2,1-3H3,(H,64,65)/t60-/m0/s1. The summed E-state index contributed by atoms with van der Waals surface area (Å²) in [6, 6.07) is -0.803. The molecule has 410 valence electrons. The minimum Gasteiger partial charge on any atom is -0.466 e. The van der Waals surface area contributed by atoms with Gasteiger partial charge >= 0.3 is 11.9 Å². The Morgan fingerprint density at radius 2 is 0.522 bits per heavy atom. The van der Waals surface area contributed by atoms with E-state index in [9.17, 15) is 14.4 Å². The Bertz CT molecular complexity index is 1030. The van der Waals surface area contributed by atoms with Gasteiger partial charge in [0, 0.05) is 12.8 Å². The Kier molecular flexibility index (Phi) is 57.6. The van der Waals surface area contributed by atoms with E-state index in [0.717, 1.165) is 44.9 Å². The summed E-state index contributed by atoms with van der Waals surface area (Å²) in [4.78, 5) is 38.9. The molecule has 0 aromatic rings. The lowest BCUT2D eigenvalue weighted by atomic mass is 10.0. The van der Waals surface area contributed by atoms with Gasteiger partial charge in [-0.05, 0) is 25.7 Å². The largest absolute Gasteiger partial charge is 0.466 e. The summed E-state index contributed by atoms with van der Waals surface area (Å²) in [5, 5.41) is 2.93. The normalized spacial score (nSPS) is 11.9. The third-order valence-electron chi connectivity index (χ3n) is 14.8. The fourth-order valence-electron chi connectivity index (χ4n) is 9.97. The lowest BCUT2D eigenvalue weighted by molar-refractivity contribution is -0.149. The second-order valence-corrected chi connectivity index (χ2v) is 21.8. The molecule has 0 radical (unpaired) electrons. The molecule has 0 rings (SSSR count). The van der Waals surface area contributed by atoms with Gasteiger partial charge in [-0.25, -0.2) is 4.79 Å². The molecule has 0 aliphatic heterocycles. The van der Waals surface area contributed by atoms with Crippen molar-refractivity contribution in [3.8, 4) is 0 Å². The number of hydrogen-bond donors (Lipinski definition) is 1. The smallest absolute Gasteiger partial charge is 0.328 e. The highest BCUT2D eigenvalue weighted by Gasteiger charge is 2.23. The lowest BCUT2D eigenvalue weighted by Gasteiger charge is -2.18. The molecule has 0 saturated carbocycles. The highest BCUT2D eigenvalue weighted by molar-refractivity contribution is 5.85. The van der Waals surface area contributed by atoms with Gasteiger partial charge in [0.05, 0.1) is 13.2 Å². The van der Waals surface area contributed by atoms with Crippen molar-refractivity contribution in [3.63, 3.8) is 0 Å². The van der Waals surface area contributed by atoms with Crippen LogP contribution in [-0.4, -0.2) is 37.1 Å². The van der Waals surface area contributed by atoms with Gasteiger partial charge in [0.1, 0.15) is 6.04 Å². The number of ether oxygens (including phenoxy) is 2. The Morgan fingerprint density at radius 1 is 0.290 bits per heavy atom. The molecule has 0 aromatic carbocycles. The van der Waals surface area contributed by atoms with E-state index in [0.29, 0.717) is 19.6 Å². The number of amides is 1. The number of hydrogen-bond acceptors (Lipinski definition) is 5. The molecule has 0 spiro atoms. The first kappa shape index (κ1) is 67.4. The highest BCUT2D eigenvalue weighted by atomic mass is 16.5. The van der Waals surface area contributed by atoms with Crippen molar-refractivity contribution < 1.29 is 23.9 Å². The van der Waals surface area contributed by atoms with Gasteiger partial charge in [0.25, 0.3) is 0 Å². The minimum absolute atomic E-state index is 0.108. The fourth-order valence-corrected chi connectivity index (χ4v) is 9.97. The molecule has 69 heavy (non-hydrogen) atoms. The van der Waals surface area contributed by atoms with Crippen LogP contribution in [0.1, 0.15) is 367 Å². The number of rotatable bonds is 59. The van der Waals surface area contributed by atoms with Gasteiger partial charge in [0.2, 0.25) is 5.91 Å². The first-order valence-electron chi connectivity index (χ1n) is 31.7. The number of carbonyl (C=O) groups excluding carboxylic acids is 3. The highest BCUT2D eigenvalue weighted by Crippen LogP contribution is 2.18. The zero-order valence-corrected chi connectivity index (χ0v) is 47.2. The number of esters is 2. The molecule has 1 N–H and O–H groups in total. The van der Waals surface area contributed by atoms with E-state index in [1.165, 1.54) is 283 Å². The molecule has 1 amide bonds. The summed E-state index contributed by atoms with van der Waals surface area (Å²) >= 11 is 0. The quantitative estimate of drug-likeness (QED) is 0.0485. The molecule has 0 aliphatic carbocycles. The van der Waals surface area contributed by atoms with Crippen LogP contribution in [0.25, 0.3) is 0 Å². The van der Waals surface area contributed by atoms with Gasteiger partial charge in [-0.3, -0.25) is 9.59 Å². The number of nitrogens with one attached hydrogen (secondary N) is 1. The van der Waals surface area contributed by atoms with Gasteiger partial charge in [-0.15, -0.1) is 0 Å². The Balaban J connectivity index is 4.19. The zero-order chi connectivity index (χ0) is 50.0. The van der Waals surface area contributed by atoms with Crippen molar-refractivity contribution in [3.05, 3.63) is 0 Å². The molecule has 0 bridgehead atoms. The third kappa shape index (κ3) is 55.6. The lowest BCUT2D eigenvalue weighted by Crippen LogP contribution is -2.42. The van der Waals surface area contributed by atoms with Crippen molar-refractivity contribution in [1.29, 1.82) is 0 Å². The monoisotopic (exact) mass is 974 g/mol. The third-order valence-corrected chi connectivity index (χ3v) is 14.8. The van der Waals surface area contributed by atoms with Crippen molar-refractivity contribution in [2.45, 2.75) is 374 Å². The molecule has 0 saturated heterocycles. The van der Waals surface area contributed by atoms with Crippen molar-refractivity contribution in [2.24, 2.45) is 0 Å².